The van der Waals surface area contributed by atoms with E-state index in [9.17, 15) is 13.2 Å². The average molecular weight is 446 g/mol. The Morgan fingerprint density at radius 1 is 1.00 bits per heavy atom. The maximum absolute atomic E-state index is 12.2. The van der Waals surface area contributed by atoms with Crippen LogP contribution in [0.25, 0.3) is 11.1 Å². The molecule has 1 fully saturated rings. The zero-order chi connectivity index (χ0) is 18.6. The molecule has 2 aromatic carbocycles. The zero-order valence-electron chi connectivity index (χ0n) is 15.6. The molecule has 154 valence electrons. The number of carbonyl (C=O) groups excluding carboxylic acids is 1. The Morgan fingerprint density at radius 2 is 1.64 bits per heavy atom. The molecule has 1 N–H and O–H groups in total. The van der Waals surface area contributed by atoms with Crippen LogP contribution in [0.4, 0.5) is 0 Å². The van der Waals surface area contributed by atoms with Gasteiger partial charge in [-0.3, -0.25) is 4.79 Å². The second-order valence-corrected chi connectivity index (χ2v) is 8.41. The molecule has 0 atom stereocenters. The predicted molar refractivity (Wildman–Crippen MR) is 116 cm³/mol. The van der Waals surface area contributed by atoms with Crippen LogP contribution >= 0.6 is 24.8 Å². The molecule has 0 aliphatic heterocycles. The summed E-state index contributed by atoms with van der Waals surface area (Å²) in [7, 11) is -3.61. The molecule has 0 bridgehead atoms. The van der Waals surface area contributed by atoms with Crippen LogP contribution in [0.3, 0.4) is 0 Å². The van der Waals surface area contributed by atoms with Crippen molar-refractivity contribution < 1.29 is 17.9 Å². The lowest BCUT2D eigenvalue weighted by Crippen LogP contribution is -2.29. The van der Waals surface area contributed by atoms with Crippen molar-refractivity contribution in [2.45, 2.75) is 38.2 Å². The number of hydrogen-bond acceptors (Lipinski definition) is 4. The van der Waals surface area contributed by atoms with E-state index in [0.717, 1.165) is 43.1 Å². The maximum Gasteiger partial charge on any atom is 0.264 e. The molecule has 8 heteroatoms. The molecular formula is C20H25Cl2NO4S. The molecule has 28 heavy (non-hydrogen) atoms. The lowest BCUT2D eigenvalue weighted by atomic mass is 9.97. The first-order valence-electron chi connectivity index (χ1n) is 8.80. The van der Waals surface area contributed by atoms with Gasteiger partial charge >= 0.3 is 0 Å². The molecule has 5 nitrogen and oxygen atoms in total. The van der Waals surface area contributed by atoms with Gasteiger partial charge in [-0.15, -0.1) is 24.8 Å². The number of carbonyl (C=O) groups is 1. The summed E-state index contributed by atoms with van der Waals surface area (Å²) < 4.78 is 30.9. The number of hydrogen-bond donors (Lipinski definition) is 1. The second-order valence-electron chi connectivity index (χ2n) is 6.66. The molecule has 3 rings (SSSR count). The zero-order valence-corrected chi connectivity index (χ0v) is 18.0. The molecule has 1 aliphatic rings. The van der Waals surface area contributed by atoms with Gasteiger partial charge in [-0.25, -0.2) is 13.1 Å². The van der Waals surface area contributed by atoms with Gasteiger partial charge in [-0.1, -0.05) is 36.8 Å². The van der Waals surface area contributed by atoms with Gasteiger partial charge in [0.25, 0.3) is 5.91 Å². The number of amides is 1. The Labute approximate surface area is 178 Å². The van der Waals surface area contributed by atoms with Crippen molar-refractivity contribution >= 4 is 40.7 Å². The highest BCUT2D eigenvalue weighted by atomic mass is 35.5. The molecule has 0 unspecified atom stereocenters. The Balaban J connectivity index is 0.00000196. The van der Waals surface area contributed by atoms with Crippen molar-refractivity contribution in [3.63, 3.8) is 0 Å². The number of rotatable bonds is 5. The minimum absolute atomic E-state index is 0. The summed E-state index contributed by atoms with van der Waals surface area (Å²) in [5.74, 6) is -0.0372. The SMILES string of the molecule is CS(=O)(=O)NC(=O)c1ccc(-c2ccccc2)c(OC2CCCCC2)c1.Cl.Cl. The highest BCUT2D eigenvalue weighted by Crippen LogP contribution is 2.34. The Morgan fingerprint density at radius 3 is 2.25 bits per heavy atom. The number of ether oxygens (including phenoxy) is 1. The van der Waals surface area contributed by atoms with Crippen LogP contribution in [0.15, 0.2) is 48.5 Å². The first-order chi connectivity index (χ1) is 12.4. The molecule has 0 radical (unpaired) electrons. The van der Waals surface area contributed by atoms with Gasteiger partial charge in [0.2, 0.25) is 10.0 Å². The van der Waals surface area contributed by atoms with E-state index in [-0.39, 0.29) is 36.5 Å². The summed E-state index contributed by atoms with van der Waals surface area (Å²) >= 11 is 0. The van der Waals surface area contributed by atoms with Crippen molar-refractivity contribution in [1.29, 1.82) is 0 Å². The fraction of sp³-hybridized carbons (Fsp3) is 0.350. The van der Waals surface area contributed by atoms with Gasteiger partial charge in [-0.2, -0.15) is 0 Å². The minimum atomic E-state index is -3.61. The molecule has 1 amide bonds. The molecule has 1 aliphatic carbocycles. The van der Waals surface area contributed by atoms with Crippen molar-refractivity contribution in [3.8, 4) is 16.9 Å². The van der Waals surface area contributed by atoms with Crippen LogP contribution < -0.4 is 9.46 Å². The van der Waals surface area contributed by atoms with Crippen molar-refractivity contribution in [3.05, 3.63) is 54.1 Å². The van der Waals surface area contributed by atoms with E-state index in [4.69, 9.17) is 4.74 Å². The molecule has 0 spiro atoms. The van der Waals surface area contributed by atoms with Crippen molar-refractivity contribution in [2.24, 2.45) is 0 Å². The standard InChI is InChI=1S/C20H23NO4S.2ClH/c1-26(23,24)21-20(22)16-12-13-18(15-8-4-2-5-9-15)19(14-16)25-17-10-6-3-7-11-17;;/h2,4-5,8-9,12-14,17H,3,6-7,10-11H2,1H3,(H,21,22);2*1H. The fourth-order valence-electron chi connectivity index (χ4n) is 3.21. The van der Waals surface area contributed by atoms with E-state index in [1.165, 1.54) is 6.42 Å². The maximum atomic E-state index is 12.2. The summed E-state index contributed by atoms with van der Waals surface area (Å²) in [5, 5.41) is 0. The van der Waals surface area contributed by atoms with E-state index in [1.54, 1.807) is 12.1 Å². The van der Waals surface area contributed by atoms with Crippen LogP contribution in [0, 0.1) is 0 Å². The van der Waals surface area contributed by atoms with E-state index in [2.05, 4.69) is 0 Å². The largest absolute Gasteiger partial charge is 0.490 e. The van der Waals surface area contributed by atoms with Gasteiger partial charge < -0.3 is 4.74 Å². The first-order valence-corrected chi connectivity index (χ1v) is 10.7. The van der Waals surface area contributed by atoms with E-state index < -0.39 is 15.9 Å². The van der Waals surface area contributed by atoms with Gasteiger partial charge in [-0.05, 0) is 49.4 Å². The summed E-state index contributed by atoms with van der Waals surface area (Å²) in [4.78, 5) is 12.2. The first kappa shape index (κ1) is 24.3. The van der Waals surface area contributed by atoms with Crippen LogP contribution in [0.5, 0.6) is 5.75 Å². The summed E-state index contributed by atoms with van der Waals surface area (Å²) in [6.07, 6.45) is 6.57. The Bertz CT molecular complexity index is 882. The predicted octanol–water partition coefficient (Wildman–Crippen LogP) is 4.60. The summed E-state index contributed by atoms with van der Waals surface area (Å²) in [5.41, 5.74) is 2.15. The van der Waals surface area contributed by atoms with E-state index in [0.29, 0.717) is 5.75 Å². The second kappa shape index (κ2) is 10.7. The number of halogens is 2. The van der Waals surface area contributed by atoms with E-state index >= 15 is 0 Å². The van der Waals surface area contributed by atoms with Gasteiger partial charge in [0.1, 0.15) is 5.75 Å². The molecule has 0 heterocycles. The highest BCUT2D eigenvalue weighted by molar-refractivity contribution is 7.89. The Hall–Kier alpha value is -1.76. The highest BCUT2D eigenvalue weighted by Gasteiger charge is 2.19. The smallest absolute Gasteiger partial charge is 0.264 e. The monoisotopic (exact) mass is 445 g/mol. The van der Waals surface area contributed by atoms with Crippen molar-refractivity contribution in [2.75, 3.05) is 6.26 Å². The van der Waals surface area contributed by atoms with Crippen LogP contribution in [-0.2, 0) is 10.0 Å². The number of sulfonamides is 1. The topological polar surface area (TPSA) is 72.5 Å². The quantitative estimate of drug-likeness (QED) is 0.729. The molecule has 2 aromatic rings. The van der Waals surface area contributed by atoms with Gasteiger partial charge in [0.15, 0.2) is 0 Å². The van der Waals surface area contributed by atoms with Gasteiger partial charge in [0, 0.05) is 11.1 Å². The third-order valence-corrected chi connectivity index (χ3v) is 5.01. The lowest BCUT2D eigenvalue weighted by Gasteiger charge is -2.24. The molecule has 0 saturated heterocycles. The lowest BCUT2D eigenvalue weighted by molar-refractivity contribution is 0.0980. The summed E-state index contributed by atoms with van der Waals surface area (Å²) in [6, 6.07) is 14.9. The van der Waals surface area contributed by atoms with Crippen LogP contribution in [-0.4, -0.2) is 26.7 Å². The third kappa shape index (κ3) is 6.69. The van der Waals surface area contributed by atoms with Crippen LogP contribution in [0.1, 0.15) is 42.5 Å². The third-order valence-electron chi connectivity index (χ3n) is 4.45. The number of nitrogens with one attached hydrogen (secondary N) is 1. The summed E-state index contributed by atoms with van der Waals surface area (Å²) in [6.45, 7) is 0. The van der Waals surface area contributed by atoms with Crippen molar-refractivity contribution in [1.82, 2.24) is 4.72 Å². The normalized spacial score (nSPS) is 14.3. The Kier molecular flexibility index (Phi) is 9.27. The molecular weight excluding hydrogens is 421 g/mol. The molecule has 1 saturated carbocycles. The fourth-order valence-corrected chi connectivity index (χ4v) is 3.66. The average Bonchev–Trinajstić information content (AvgIpc) is 2.62. The number of benzene rings is 2. The van der Waals surface area contributed by atoms with E-state index in [1.807, 2.05) is 41.1 Å². The minimum Gasteiger partial charge on any atom is -0.490 e. The molecule has 0 aromatic heterocycles. The van der Waals surface area contributed by atoms with Crippen LogP contribution in [0.2, 0.25) is 0 Å². The van der Waals surface area contributed by atoms with Gasteiger partial charge in [0.05, 0.1) is 12.4 Å².